The number of piperazine rings is 1. The average Bonchev–Trinajstić information content (AvgIpc) is 2.29. The van der Waals surface area contributed by atoms with Gasteiger partial charge in [0.05, 0.1) is 0 Å². The fourth-order valence-corrected chi connectivity index (χ4v) is 3.26. The Kier molecular flexibility index (Phi) is 6.78. The maximum Gasteiger partial charge on any atom is 0.0196 e. The zero-order chi connectivity index (χ0) is 12.0. The summed E-state index contributed by atoms with van der Waals surface area (Å²) in [7, 11) is 0. The minimum Gasteiger partial charge on any atom is -0.311 e. The van der Waals surface area contributed by atoms with E-state index in [1.807, 2.05) is 0 Å². The van der Waals surface area contributed by atoms with Crippen LogP contribution in [0.1, 0.15) is 40.5 Å². The summed E-state index contributed by atoms with van der Waals surface area (Å²) in [5, 5.41) is 3.66. The monoisotopic (exact) mass is 244 g/mol. The van der Waals surface area contributed by atoms with E-state index in [0.717, 1.165) is 18.6 Å². The molecular weight excluding hydrogens is 216 g/mol. The summed E-state index contributed by atoms with van der Waals surface area (Å²) < 4.78 is 0. The highest BCUT2D eigenvalue weighted by Crippen LogP contribution is 2.16. The van der Waals surface area contributed by atoms with Gasteiger partial charge < -0.3 is 5.32 Å². The second kappa shape index (κ2) is 7.57. The van der Waals surface area contributed by atoms with Crippen molar-refractivity contribution >= 4 is 11.8 Å². The van der Waals surface area contributed by atoms with Crippen molar-refractivity contribution in [3.05, 3.63) is 0 Å². The van der Waals surface area contributed by atoms with Gasteiger partial charge in [-0.3, -0.25) is 4.90 Å². The molecule has 0 aliphatic carbocycles. The summed E-state index contributed by atoms with van der Waals surface area (Å²) in [5.41, 5.74) is 0. The number of rotatable bonds is 6. The Morgan fingerprint density at radius 1 is 1.44 bits per heavy atom. The Morgan fingerprint density at radius 2 is 2.19 bits per heavy atom. The highest BCUT2D eigenvalue weighted by Gasteiger charge is 2.27. The molecule has 16 heavy (non-hydrogen) atoms. The summed E-state index contributed by atoms with van der Waals surface area (Å²) in [6, 6.07) is 2.14. The SMILES string of the molecule is CCCC1CN(C(C)CSCC)C(C)CN1. The van der Waals surface area contributed by atoms with Gasteiger partial charge in [-0.15, -0.1) is 0 Å². The molecule has 0 aromatic carbocycles. The third-order valence-corrected chi connectivity index (χ3v) is 4.59. The highest BCUT2D eigenvalue weighted by atomic mass is 32.2. The highest BCUT2D eigenvalue weighted by molar-refractivity contribution is 7.99. The van der Waals surface area contributed by atoms with Crippen LogP contribution in [-0.2, 0) is 0 Å². The van der Waals surface area contributed by atoms with E-state index < -0.39 is 0 Å². The molecule has 1 heterocycles. The molecule has 0 amide bonds. The van der Waals surface area contributed by atoms with E-state index in [0.29, 0.717) is 6.04 Å². The van der Waals surface area contributed by atoms with E-state index in [9.17, 15) is 0 Å². The molecule has 3 heteroatoms. The van der Waals surface area contributed by atoms with Crippen LogP contribution in [0.2, 0.25) is 0 Å². The summed E-state index contributed by atoms with van der Waals surface area (Å²) in [4.78, 5) is 2.69. The lowest BCUT2D eigenvalue weighted by molar-refractivity contribution is 0.106. The Hall–Kier alpha value is 0.270. The molecule has 0 radical (unpaired) electrons. The Morgan fingerprint density at radius 3 is 2.81 bits per heavy atom. The van der Waals surface area contributed by atoms with Crippen molar-refractivity contribution < 1.29 is 0 Å². The second-order valence-corrected chi connectivity index (χ2v) is 6.27. The van der Waals surface area contributed by atoms with Gasteiger partial charge in [0, 0.05) is 37.0 Å². The third kappa shape index (κ3) is 4.27. The maximum absolute atomic E-state index is 3.66. The van der Waals surface area contributed by atoms with Gasteiger partial charge in [-0.05, 0) is 26.0 Å². The van der Waals surface area contributed by atoms with Crippen LogP contribution in [0.5, 0.6) is 0 Å². The van der Waals surface area contributed by atoms with Crippen molar-refractivity contribution in [3.63, 3.8) is 0 Å². The van der Waals surface area contributed by atoms with Gasteiger partial charge in [0.15, 0.2) is 0 Å². The lowest BCUT2D eigenvalue weighted by atomic mass is 10.0. The van der Waals surface area contributed by atoms with Gasteiger partial charge in [-0.2, -0.15) is 11.8 Å². The van der Waals surface area contributed by atoms with Gasteiger partial charge >= 0.3 is 0 Å². The Labute approximate surface area is 106 Å². The molecule has 1 rings (SSSR count). The smallest absolute Gasteiger partial charge is 0.0196 e. The van der Waals surface area contributed by atoms with E-state index in [-0.39, 0.29) is 0 Å². The molecule has 1 saturated heterocycles. The van der Waals surface area contributed by atoms with Crippen LogP contribution in [0.15, 0.2) is 0 Å². The second-order valence-electron chi connectivity index (χ2n) is 4.95. The summed E-state index contributed by atoms with van der Waals surface area (Å²) in [5.74, 6) is 2.52. The van der Waals surface area contributed by atoms with Crippen LogP contribution in [-0.4, -0.2) is 47.6 Å². The van der Waals surface area contributed by atoms with Crippen LogP contribution < -0.4 is 5.32 Å². The van der Waals surface area contributed by atoms with Gasteiger partial charge in [-0.1, -0.05) is 20.3 Å². The quantitative estimate of drug-likeness (QED) is 0.773. The molecule has 1 aliphatic rings. The summed E-state index contributed by atoms with van der Waals surface area (Å²) in [6.07, 6.45) is 2.61. The maximum atomic E-state index is 3.66. The Balaban J connectivity index is 2.41. The Bertz CT molecular complexity index is 187. The lowest BCUT2D eigenvalue weighted by Gasteiger charge is -2.42. The number of hydrogen-bond acceptors (Lipinski definition) is 3. The normalized spacial score (nSPS) is 29.2. The van der Waals surface area contributed by atoms with Gasteiger partial charge in [0.1, 0.15) is 0 Å². The zero-order valence-corrected chi connectivity index (χ0v) is 12.1. The minimum atomic E-state index is 0.695. The molecule has 0 aromatic heterocycles. The van der Waals surface area contributed by atoms with Crippen molar-refractivity contribution in [2.24, 2.45) is 0 Å². The molecule has 1 fully saturated rings. The first-order valence-electron chi connectivity index (χ1n) is 6.75. The van der Waals surface area contributed by atoms with E-state index >= 15 is 0 Å². The van der Waals surface area contributed by atoms with E-state index in [1.54, 1.807) is 0 Å². The topological polar surface area (TPSA) is 15.3 Å². The van der Waals surface area contributed by atoms with Gasteiger partial charge in [0.25, 0.3) is 0 Å². The first-order valence-corrected chi connectivity index (χ1v) is 7.91. The van der Waals surface area contributed by atoms with E-state index in [2.05, 4.69) is 49.7 Å². The molecule has 2 nitrogen and oxygen atoms in total. The molecule has 96 valence electrons. The first kappa shape index (κ1) is 14.3. The molecule has 0 spiro atoms. The minimum absolute atomic E-state index is 0.695. The third-order valence-electron chi connectivity index (χ3n) is 3.47. The zero-order valence-electron chi connectivity index (χ0n) is 11.3. The molecule has 0 saturated carbocycles. The molecule has 3 unspecified atom stereocenters. The van der Waals surface area contributed by atoms with Crippen LogP contribution in [0.3, 0.4) is 0 Å². The standard InChI is InChI=1S/C13H28N2S/c1-5-7-13-9-15(11(3)8-14-13)12(4)10-16-6-2/h11-14H,5-10H2,1-4H3. The van der Waals surface area contributed by atoms with E-state index in [1.165, 1.54) is 30.9 Å². The fourth-order valence-electron chi connectivity index (χ4n) is 2.49. The summed E-state index contributed by atoms with van der Waals surface area (Å²) >= 11 is 2.06. The largest absolute Gasteiger partial charge is 0.311 e. The van der Waals surface area contributed by atoms with Crippen LogP contribution in [0, 0.1) is 0 Å². The number of nitrogens with one attached hydrogen (secondary N) is 1. The predicted molar refractivity (Wildman–Crippen MR) is 75.3 cm³/mol. The molecule has 0 aromatic rings. The molecule has 1 aliphatic heterocycles. The van der Waals surface area contributed by atoms with Crippen molar-refractivity contribution in [2.45, 2.75) is 58.7 Å². The number of hydrogen-bond donors (Lipinski definition) is 1. The van der Waals surface area contributed by atoms with Crippen molar-refractivity contribution in [3.8, 4) is 0 Å². The lowest BCUT2D eigenvalue weighted by Crippen LogP contribution is -2.58. The summed E-state index contributed by atoms with van der Waals surface area (Å²) in [6.45, 7) is 11.7. The van der Waals surface area contributed by atoms with Gasteiger partial charge in [0.2, 0.25) is 0 Å². The van der Waals surface area contributed by atoms with E-state index in [4.69, 9.17) is 0 Å². The fraction of sp³-hybridized carbons (Fsp3) is 1.00. The number of nitrogens with zero attached hydrogens (tertiary/aromatic N) is 1. The predicted octanol–water partition coefficient (Wildman–Crippen LogP) is 2.59. The first-order chi connectivity index (χ1) is 7.69. The van der Waals surface area contributed by atoms with Crippen LogP contribution in [0.25, 0.3) is 0 Å². The van der Waals surface area contributed by atoms with Crippen LogP contribution in [0.4, 0.5) is 0 Å². The molecule has 3 atom stereocenters. The molecular formula is C13H28N2S. The van der Waals surface area contributed by atoms with Crippen molar-refractivity contribution in [2.75, 3.05) is 24.6 Å². The van der Waals surface area contributed by atoms with Crippen molar-refractivity contribution in [1.82, 2.24) is 10.2 Å². The van der Waals surface area contributed by atoms with Crippen molar-refractivity contribution in [1.29, 1.82) is 0 Å². The molecule has 0 bridgehead atoms. The van der Waals surface area contributed by atoms with Crippen LogP contribution >= 0.6 is 11.8 Å². The average molecular weight is 244 g/mol. The van der Waals surface area contributed by atoms with Gasteiger partial charge in [-0.25, -0.2) is 0 Å². The number of thioether (sulfide) groups is 1. The molecule has 1 N–H and O–H groups in total.